The minimum Gasteiger partial charge on any atom is -0.495 e. The Morgan fingerprint density at radius 3 is 2.52 bits per heavy atom. The average Bonchev–Trinajstić information content (AvgIpc) is 3.07. The molecule has 1 amide bonds. The molecule has 33 heavy (non-hydrogen) atoms. The molecule has 0 bridgehead atoms. The first-order chi connectivity index (χ1) is 15.9. The van der Waals surface area contributed by atoms with Gasteiger partial charge in [-0.15, -0.1) is 11.3 Å². The minimum atomic E-state index is -3.78. The number of ether oxygens (including phenoxy) is 1. The molecule has 1 fully saturated rings. The van der Waals surface area contributed by atoms with Crippen molar-refractivity contribution in [2.24, 2.45) is 0 Å². The second kappa shape index (κ2) is 10.0. The van der Waals surface area contributed by atoms with Gasteiger partial charge in [-0.2, -0.15) is 4.31 Å². The zero-order valence-corrected chi connectivity index (χ0v) is 20.3. The number of nitrogens with one attached hydrogen (secondary N) is 1. The van der Waals surface area contributed by atoms with Crippen molar-refractivity contribution in [1.82, 2.24) is 9.29 Å². The zero-order valence-electron chi connectivity index (χ0n) is 18.7. The van der Waals surface area contributed by atoms with Crippen LogP contribution in [0, 0.1) is 6.92 Å². The van der Waals surface area contributed by atoms with Gasteiger partial charge in [0, 0.05) is 35.3 Å². The van der Waals surface area contributed by atoms with E-state index >= 15 is 0 Å². The van der Waals surface area contributed by atoms with Crippen molar-refractivity contribution in [1.29, 1.82) is 0 Å². The monoisotopic (exact) mass is 485 g/mol. The zero-order chi connectivity index (χ0) is 23.4. The normalized spacial score (nSPS) is 15.1. The molecular formula is C24H27N3O4S2. The Morgan fingerprint density at radius 2 is 1.85 bits per heavy atom. The molecule has 2 heterocycles. The van der Waals surface area contributed by atoms with E-state index in [1.54, 1.807) is 23.5 Å². The Hall–Kier alpha value is -2.75. The van der Waals surface area contributed by atoms with Gasteiger partial charge in [-0.1, -0.05) is 25.0 Å². The predicted molar refractivity (Wildman–Crippen MR) is 130 cm³/mol. The molecule has 1 N–H and O–H groups in total. The summed E-state index contributed by atoms with van der Waals surface area (Å²) in [5.74, 6) is -0.159. The summed E-state index contributed by atoms with van der Waals surface area (Å²) < 4.78 is 33.6. The molecule has 3 aromatic rings. The van der Waals surface area contributed by atoms with Crippen LogP contribution in [-0.2, 0) is 10.0 Å². The number of amides is 1. The Balaban J connectivity index is 1.60. The van der Waals surface area contributed by atoms with Gasteiger partial charge in [0.1, 0.15) is 10.6 Å². The van der Waals surface area contributed by atoms with E-state index in [0.29, 0.717) is 18.8 Å². The Kier molecular flexibility index (Phi) is 7.11. The van der Waals surface area contributed by atoms with Crippen molar-refractivity contribution in [3.05, 3.63) is 58.4 Å². The lowest BCUT2D eigenvalue weighted by Gasteiger charge is -2.21. The number of carbonyl (C=O) groups is 1. The van der Waals surface area contributed by atoms with Crippen molar-refractivity contribution in [2.75, 3.05) is 25.5 Å². The number of aromatic nitrogens is 1. The molecule has 9 heteroatoms. The molecule has 0 atom stereocenters. The van der Waals surface area contributed by atoms with Crippen LogP contribution in [0.4, 0.5) is 5.69 Å². The summed E-state index contributed by atoms with van der Waals surface area (Å²) in [5, 5.41) is 5.81. The maximum Gasteiger partial charge on any atom is 0.255 e. The molecule has 1 saturated heterocycles. The van der Waals surface area contributed by atoms with E-state index in [4.69, 9.17) is 4.74 Å². The van der Waals surface area contributed by atoms with Crippen molar-refractivity contribution in [3.63, 3.8) is 0 Å². The van der Waals surface area contributed by atoms with Gasteiger partial charge in [0.2, 0.25) is 10.0 Å². The Labute approximate surface area is 198 Å². The van der Waals surface area contributed by atoms with Crippen molar-refractivity contribution >= 4 is 33.0 Å². The molecule has 1 aliphatic rings. The van der Waals surface area contributed by atoms with Crippen LogP contribution >= 0.6 is 11.3 Å². The van der Waals surface area contributed by atoms with E-state index in [9.17, 15) is 13.2 Å². The third-order valence-electron chi connectivity index (χ3n) is 5.64. The molecule has 1 aromatic heterocycles. The molecule has 0 aliphatic carbocycles. The Morgan fingerprint density at radius 1 is 1.09 bits per heavy atom. The lowest BCUT2D eigenvalue weighted by molar-refractivity contribution is 0.102. The number of thiazole rings is 1. The Bertz CT molecular complexity index is 1250. The fourth-order valence-electron chi connectivity index (χ4n) is 3.90. The first-order valence-electron chi connectivity index (χ1n) is 10.9. The third kappa shape index (κ3) is 5.26. The number of benzene rings is 2. The average molecular weight is 486 g/mol. The fourth-order valence-corrected chi connectivity index (χ4v) is 6.22. The largest absolute Gasteiger partial charge is 0.495 e. The lowest BCUT2D eigenvalue weighted by atomic mass is 10.1. The highest BCUT2D eigenvalue weighted by atomic mass is 32.2. The first kappa shape index (κ1) is 23.4. The summed E-state index contributed by atoms with van der Waals surface area (Å²) in [6, 6.07) is 11.9. The van der Waals surface area contributed by atoms with Crippen molar-refractivity contribution in [3.8, 4) is 17.0 Å². The van der Waals surface area contributed by atoms with E-state index in [0.717, 1.165) is 41.9 Å². The van der Waals surface area contributed by atoms with Gasteiger partial charge >= 0.3 is 0 Å². The van der Waals surface area contributed by atoms with Gasteiger partial charge in [-0.3, -0.25) is 4.79 Å². The number of carbonyl (C=O) groups excluding carboxylic acids is 1. The van der Waals surface area contributed by atoms with Gasteiger partial charge in [-0.25, -0.2) is 13.4 Å². The molecule has 0 unspecified atom stereocenters. The van der Waals surface area contributed by atoms with E-state index in [1.165, 1.54) is 23.5 Å². The van der Waals surface area contributed by atoms with Crippen LogP contribution in [0.2, 0.25) is 0 Å². The minimum absolute atomic E-state index is 0.0197. The second-order valence-corrected chi connectivity index (χ2v) is 10.9. The molecule has 174 valence electrons. The number of rotatable bonds is 6. The third-order valence-corrected chi connectivity index (χ3v) is 8.34. The molecule has 4 rings (SSSR count). The molecule has 2 aromatic carbocycles. The number of sulfonamides is 1. The van der Waals surface area contributed by atoms with Crippen LogP contribution in [0.25, 0.3) is 11.3 Å². The number of nitrogens with zero attached hydrogens (tertiary/aromatic N) is 2. The number of hydrogen-bond acceptors (Lipinski definition) is 6. The van der Waals surface area contributed by atoms with Crippen LogP contribution in [0.15, 0.2) is 52.7 Å². The fraction of sp³-hybridized carbons (Fsp3) is 0.333. The van der Waals surface area contributed by atoms with Gasteiger partial charge in [-0.05, 0) is 50.1 Å². The summed E-state index contributed by atoms with van der Waals surface area (Å²) >= 11 is 1.56. The van der Waals surface area contributed by atoms with Crippen molar-refractivity contribution < 1.29 is 17.9 Å². The topological polar surface area (TPSA) is 88.6 Å². The molecule has 0 saturated carbocycles. The number of aryl methyl sites for hydroxylation is 1. The molecule has 7 nitrogen and oxygen atoms in total. The highest BCUT2D eigenvalue weighted by Crippen LogP contribution is 2.30. The highest BCUT2D eigenvalue weighted by molar-refractivity contribution is 7.89. The van der Waals surface area contributed by atoms with Crippen LogP contribution in [-0.4, -0.2) is 43.8 Å². The smallest absolute Gasteiger partial charge is 0.255 e. The summed E-state index contributed by atoms with van der Waals surface area (Å²) in [7, 11) is -2.34. The summed E-state index contributed by atoms with van der Waals surface area (Å²) in [5.41, 5.74) is 2.61. The van der Waals surface area contributed by atoms with Gasteiger partial charge < -0.3 is 10.1 Å². The molecule has 0 radical (unpaired) electrons. The maximum atomic E-state index is 13.4. The first-order valence-corrected chi connectivity index (χ1v) is 13.2. The standard InChI is InChI=1S/C24H27N3O4S2/c1-17-25-21(16-32-17)18-8-7-9-20(14-18)26-24(28)19-10-11-22(31-2)23(15-19)33(29,30)27-12-5-3-4-6-13-27/h7-11,14-16H,3-6,12-13H2,1-2H3,(H,26,28). The van der Waals surface area contributed by atoms with E-state index in [2.05, 4.69) is 10.3 Å². The van der Waals surface area contributed by atoms with E-state index in [-0.39, 0.29) is 16.2 Å². The molecule has 0 spiro atoms. The lowest BCUT2D eigenvalue weighted by Crippen LogP contribution is -2.32. The molecule has 1 aliphatic heterocycles. The van der Waals surface area contributed by atoms with Gasteiger partial charge in [0.05, 0.1) is 17.8 Å². The maximum absolute atomic E-state index is 13.4. The van der Waals surface area contributed by atoms with Crippen LogP contribution in [0.1, 0.15) is 41.0 Å². The van der Waals surface area contributed by atoms with Crippen LogP contribution in [0.5, 0.6) is 5.75 Å². The predicted octanol–water partition coefficient (Wildman–Crippen LogP) is 4.94. The van der Waals surface area contributed by atoms with E-state index < -0.39 is 15.9 Å². The van der Waals surface area contributed by atoms with Gasteiger partial charge in [0.15, 0.2) is 0 Å². The highest BCUT2D eigenvalue weighted by Gasteiger charge is 2.29. The van der Waals surface area contributed by atoms with Crippen LogP contribution < -0.4 is 10.1 Å². The quantitative estimate of drug-likeness (QED) is 0.534. The second-order valence-electron chi connectivity index (χ2n) is 7.97. The molecular weight excluding hydrogens is 458 g/mol. The van der Waals surface area contributed by atoms with E-state index in [1.807, 2.05) is 30.5 Å². The summed E-state index contributed by atoms with van der Waals surface area (Å²) in [6.45, 7) is 2.90. The number of anilines is 1. The van der Waals surface area contributed by atoms with Gasteiger partial charge in [0.25, 0.3) is 5.91 Å². The summed E-state index contributed by atoms with van der Waals surface area (Å²) in [6.07, 6.45) is 3.70. The summed E-state index contributed by atoms with van der Waals surface area (Å²) in [4.78, 5) is 17.5. The number of methoxy groups -OCH3 is 1. The van der Waals surface area contributed by atoms with Crippen LogP contribution in [0.3, 0.4) is 0 Å². The number of hydrogen-bond donors (Lipinski definition) is 1. The SMILES string of the molecule is COc1ccc(C(=O)Nc2cccc(-c3csc(C)n3)c2)cc1S(=O)(=O)N1CCCCCC1. The van der Waals surface area contributed by atoms with Crippen molar-refractivity contribution in [2.45, 2.75) is 37.5 Å².